The lowest BCUT2D eigenvalue weighted by molar-refractivity contribution is -0.123. The van der Waals surface area contributed by atoms with Gasteiger partial charge in [-0.2, -0.15) is 0 Å². The number of aryl methyl sites for hydroxylation is 1. The molecule has 0 radical (unpaired) electrons. The minimum Gasteiger partial charge on any atom is -0.353 e. The zero-order chi connectivity index (χ0) is 20.1. The highest BCUT2D eigenvalue weighted by Crippen LogP contribution is 2.65. The number of nitrogens with one attached hydrogen (secondary N) is 1. The lowest BCUT2D eigenvalue weighted by Gasteiger charge is -2.39. The third kappa shape index (κ3) is 2.87. The van der Waals surface area contributed by atoms with Crippen LogP contribution >= 0.6 is 0 Å². The summed E-state index contributed by atoms with van der Waals surface area (Å²) >= 11 is 0. The summed E-state index contributed by atoms with van der Waals surface area (Å²) in [4.78, 5) is 29.8. The van der Waals surface area contributed by atoms with Crippen molar-refractivity contribution < 1.29 is 4.79 Å². The summed E-state index contributed by atoms with van der Waals surface area (Å²) in [5.74, 6) is 1.52. The third-order valence-electron chi connectivity index (χ3n) is 7.97. The van der Waals surface area contributed by atoms with Gasteiger partial charge in [-0.3, -0.25) is 14.2 Å². The van der Waals surface area contributed by atoms with Crippen molar-refractivity contribution in [3.63, 3.8) is 0 Å². The van der Waals surface area contributed by atoms with E-state index in [0.717, 1.165) is 11.9 Å². The van der Waals surface area contributed by atoms with E-state index < -0.39 is 0 Å². The van der Waals surface area contributed by atoms with Crippen LogP contribution in [0.3, 0.4) is 0 Å². The Hall–Kier alpha value is -2.17. The molecule has 5 heteroatoms. The Bertz CT molecular complexity index is 977. The van der Waals surface area contributed by atoms with Crippen molar-refractivity contribution in [3.8, 4) is 0 Å². The van der Waals surface area contributed by atoms with Crippen LogP contribution < -0.4 is 10.9 Å². The van der Waals surface area contributed by atoms with Gasteiger partial charge in [-0.05, 0) is 61.5 Å². The van der Waals surface area contributed by atoms with Crippen LogP contribution in [0, 0.1) is 23.7 Å². The Labute approximate surface area is 166 Å². The number of fused-ring (bicyclic) bond motifs is 3. The number of benzene rings is 1. The number of para-hydroxylation sites is 1. The average Bonchev–Trinajstić information content (AvgIpc) is 2.98. The van der Waals surface area contributed by atoms with Gasteiger partial charge < -0.3 is 5.32 Å². The van der Waals surface area contributed by atoms with E-state index in [1.54, 1.807) is 4.57 Å². The van der Waals surface area contributed by atoms with E-state index >= 15 is 0 Å². The van der Waals surface area contributed by atoms with Gasteiger partial charge in [0.1, 0.15) is 5.82 Å². The molecular weight excluding hydrogens is 350 g/mol. The Kier molecular flexibility index (Phi) is 4.59. The normalized spacial score (nSPS) is 28.0. The molecule has 2 fully saturated rings. The number of hydrogen-bond acceptors (Lipinski definition) is 3. The lowest BCUT2D eigenvalue weighted by atomic mass is 9.69. The van der Waals surface area contributed by atoms with E-state index in [4.69, 9.17) is 0 Å². The van der Waals surface area contributed by atoms with Gasteiger partial charge in [0.15, 0.2) is 0 Å². The molecule has 1 aromatic carbocycles. The van der Waals surface area contributed by atoms with E-state index in [1.165, 1.54) is 12.8 Å². The molecule has 1 amide bonds. The predicted molar refractivity (Wildman–Crippen MR) is 111 cm³/mol. The summed E-state index contributed by atoms with van der Waals surface area (Å²) in [6.07, 6.45) is 4.67. The monoisotopic (exact) mass is 381 g/mol. The molecule has 2 aliphatic rings. The highest BCUT2D eigenvalue weighted by atomic mass is 16.1. The number of amides is 1. The predicted octanol–water partition coefficient (Wildman–Crippen LogP) is 3.82. The molecule has 5 nitrogen and oxygen atoms in total. The molecule has 0 spiro atoms. The number of aromatic nitrogens is 2. The summed E-state index contributed by atoms with van der Waals surface area (Å²) in [5.41, 5.74) is 1.20. The highest BCUT2D eigenvalue weighted by Gasteiger charge is 2.61. The standard InChI is InChI=1S/C23H31N3O2/c1-15-24-18-9-6-5-8-17(18)21(28)26(15)13-7-10-20(27)25-19-14-16-11-12-23(19,4)22(16,2)3/h5-6,8-9,16,19H,7,10-14H2,1-4H3,(H,25,27)/t16-,19+,23-/m1/s1. The molecule has 0 saturated heterocycles. The molecule has 2 aliphatic carbocycles. The number of nitrogens with zero attached hydrogens (tertiary/aromatic N) is 2. The van der Waals surface area contributed by atoms with Gasteiger partial charge in [0, 0.05) is 19.0 Å². The van der Waals surface area contributed by atoms with E-state index in [9.17, 15) is 9.59 Å². The molecular formula is C23H31N3O2. The first-order chi connectivity index (χ1) is 13.2. The Balaban J connectivity index is 1.38. The van der Waals surface area contributed by atoms with E-state index in [0.29, 0.717) is 41.9 Å². The quantitative estimate of drug-likeness (QED) is 0.856. The van der Waals surface area contributed by atoms with Gasteiger partial charge in [0.2, 0.25) is 5.91 Å². The van der Waals surface area contributed by atoms with E-state index in [1.807, 2.05) is 31.2 Å². The van der Waals surface area contributed by atoms with Crippen LogP contribution in [0.5, 0.6) is 0 Å². The van der Waals surface area contributed by atoms with Crippen LogP contribution in [0.2, 0.25) is 0 Å². The number of rotatable bonds is 5. The lowest BCUT2D eigenvalue weighted by Crippen LogP contribution is -2.46. The fourth-order valence-electron chi connectivity index (χ4n) is 5.63. The van der Waals surface area contributed by atoms with Crippen molar-refractivity contribution in [2.24, 2.45) is 16.7 Å². The first-order valence-corrected chi connectivity index (χ1v) is 10.5. The maximum Gasteiger partial charge on any atom is 0.261 e. The second kappa shape index (κ2) is 6.71. The van der Waals surface area contributed by atoms with Crippen LogP contribution in [0.4, 0.5) is 0 Å². The van der Waals surface area contributed by atoms with Crippen LogP contribution in [0.15, 0.2) is 29.1 Å². The van der Waals surface area contributed by atoms with Crippen LogP contribution in [-0.4, -0.2) is 21.5 Å². The number of hydrogen-bond donors (Lipinski definition) is 1. The van der Waals surface area contributed by atoms with E-state index in [-0.39, 0.29) is 22.9 Å². The van der Waals surface area contributed by atoms with Crippen LogP contribution in [-0.2, 0) is 11.3 Å². The van der Waals surface area contributed by atoms with E-state index in [2.05, 4.69) is 31.1 Å². The number of carbonyl (C=O) groups is 1. The van der Waals surface area contributed by atoms with Crippen LogP contribution in [0.1, 0.15) is 58.7 Å². The molecule has 1 N–H and O–H groups in total. The maximum atomic E-state index is 12.7. The summed E-state index contributed by atoms with van der Waals surface area (Å²) in [7, 11) is 0. The SMILES string of the molecule is Cc1nc2ccccc2c(=O)n1CCCC(=O)N[C@H]1C[C@H]2CC[C@@]1(C)C2(C)C. The average molecular weight is 382 g/mol. The maximum absolute atomic E-state index is 12.7. The smallest absolute Gasteiger partial charge is 0.261 e. The van der Waals surface area contributed by atoms with Crippen molar-refractivity contribution in [2.75, 3.05) is 0 Å². The van der Waals surface area contributed by atoms with Gasteiger partial charge in [-0.15, -0.1) is 0 Å². The van der Waals surface area contributed by atoms with Crippen molar-refractivity contribution in [2.45, 2.75) is 72.4 Å². The molecule has 0 unspecified atom stereocenters. The fourth-order valence-corrected chi connectivity index (χ4v) is 5.63. The molecule has 4 rings (SSSR count). The Morgan fingerprint density at radius 1 is 1.29 bits per heavy atom. The van der Waals surface area contributed by atoms with Gasteiger partial charge in [-0.1, -0.05) is 32.9 Å². The molecule has 2 bridgehead atoms. The van der Waals surface area contributed by atoms with Crippen molar-refractivity contribution in [3.05, 3.63) is 40.4 Å². The zero-order valence-corrected chi connectivity index (χ0v) is 17.4. The summed E-state index contributed by atoms with van der Waals surface area (Å²) < 4.78 is 1.69. The van der Waals surface area contributed by atoms with Crippen molar-refractivity contribution in [1.29, 1.82) is 0 Å². The van der Waals surface area contributed by atoms with Gasteiger partial charge in [0.25, 0.3) is 5.56 Å². The largest absolute Gasteiger partial charge is 0.353 e. The van der Waals surface area contributed by atoms with Gasteiger partial charge in [0.05, 0.1) is 10.9 Å². The third-order valence-corrected chi connectivity index (χ3v) is 7.97. The Morgan fingerprint density at radius 3 is 2.71 bits per heavy atom. The molecule has 1 heterocycles. The summed E-state index contributed by atoms with van der Waals surface area (Å²) in [5, 5.41) is 3.94. The molecule has 0 aliphatic heterocycles. The summed E-state index contributed by atoms with van der Waals surface area (Å²) in [6, 6.07) is 7.70. The summed E-state index contributed by atoms with van der Waals surface area (Å²) in [6.45, 7) is 9.43. The first kappa shape index (κ1) is 19.2. The number of carbonyl (C=O) groups excluding carboxylic acids is 1. The molecule has 150 valence electrons. The zero-order valence-electron chi connectivity index (χ0n) is 17.4. The second-order valence-electron chi connectivity index (χ2n) is 9.47. The molecule has 2 aromatic rings. The van der Waals surface area contributed by atoms with Gasteiger partial charge in [-0.25, -0.2) is 4.98 Å². The first-order valence-electron chi connectivity index (χ1n) is 10.5. The molecule has 1 aromatic heterocycles. The Morgan fingerprint density at radius 2 is 2.04 bits per heavy atom. The molecule has 2 saturated carbocycles. The van der Waals surface area contributed by atoms with Crippen molar-refractivity contribution >= 4 is 16.8 Å². The molecule has 28 heavy (non-hydrogen) atoms. The topological polar surface area (TPSA) is 64.0 Å². The van der Waals surface area contributed by atoms with Crippen molar-refractivity contribution in [1.82, 2.24) is 14.9 Å². The highest BCUT2D eigenvalue weighted by molar-refractivity contribution is 5.77. The molecule has 3 atom stereocenters. The van der Waals surface area contributed by atoms with Gasteiger partial charge >= 0.3 is 0 Å². The van der Waals surface area contributed by atoms with Crippen LogP contribution in [0.25, 0.3) is 10.9 Å². The fraction of sp³-hybridized carbons (Fsp3) is 0.609. The second-order valence-corrected chi connectivity index (χ2v) is 9.47. The minimum atomic E-state index is -0.0223. The minimum absolute atomic E-state index is 0.0223.